The van der Waals surface area contributed by atoms with E-state index in [1.54, 1.807) is 6.07 Å². The molecule has 0 spiro atoms. The minimum atomic E-state index is -0.210. The van der Waals surface area contributed by atoms with Crippen LogP contribution in [0.25, 0.3) is 0 Å². The smallest absolute Gasteiger partial charge is 0.238 e. The van der Waals surface area contributed by atoms with Gasteiger partial charge in [0.1, 0.15) is 4.99 Å². The van der Waals surface area contributed by atoms with Crippen LogP contribution in [0.4, 0.5) is 5.69 Å². The van der Waals surface area contributed by atoms with Gasteiger partial charge in [0.25, 0.3) is 0 Å². The number of carbonyl (C=O) groups excluding carboxylic acids is 2. The summed E-state index contributed by atoms with van der Waals surface area (Å²) in [5.41, 5.74) is 7.55. The lowest BCUT2D eigenvalue weighted by atomic mass is 10.0. The Bertz CT molecular complexity index is 642. The van der Waals surface area contributed by atoms with E-state index in [0.717, 1.165) is 5.56 Å². The normalized spacial score (nSPS) is 26.6. The molecule has 1 aliphatic carbocycles. The van der Waals surface area contributed by atoms with Crippen LogP contribution < -0.4 is 10.6 Å². The van der Waals surface area contributed by atoms with Crippen molar-refractivity contribution >= 4 is 34.7 Å². The second-order valence-electron chi connectivity index (χ2n) is 6.12. The first kappa shape index (κ1) is 13.2. The maximum Gasteiger partial charge on any atom is 0.238 e. The number of hydrogen-bond donors (Lipinski definition) is 1. The Morgan fingerprint density at radius 3 is 2.30 bits per heavy atom. The van der Waals surface area contributed by atoms with Gasteiger partial charge in [-0.1, -0.05) is 38.2 Å². The maximum absolute atomic E-state index is 12.5. The molecule has 2 amide bonds. The van der Waals surface area contributed by atoms with Crippen LogP contribution in [0.2, 0.25) is 0 Å². The lowest BCUT2D eigenvalue weighted by Gasteiger charge is -2.23. The van der Waals surface area contributed by atoms with Crippen molar-refractivity contribution in [1.29, 1.82) is 0 Å². The van der Waals surface area contributed by atoms with Gasteiger partial charge in [0.15, 0.2) is 0 Å². The summed E-state index contributed by atoms with van der Waals surface area (Å²) >= 11 is 5.06. The Morgan fingerprint density at radius 2 is 1.80 bits per heavy atom. The number of rotatable bonds is 2. The molecule has 5 heteroatoms. The number of anilines is 1. The van der Waals surface area contributed by atoms with Crippen molar-refractivity contribution in [3.63, 3.8) is 0 Å². The van der Waals surface area contributed by atoms with Gasteiger partial charge in [0, 0.05) is 5.56 Å². The molecule has 4 nitrogen and oxygen atoms in total. The van der Waals surface area contributed by atoms with Gasteiger partial charge in [-0.05, 0) is 24.0 Å². The molecule has 1 aromatic carbocycles. The van der Waals surface area contributed by atoms with E-state index in [4.69, 9.17) is 18.0 Å². The molecule has 2 fully saturated rings. The van der Waals surface area contributed by atoms with Crippen LogP contribution in [-0.4, -0.2) is 16.8 Å². The average Bonchev–Trinajstić information content (AvgIpc) is 2.79. The fourth-order valence-corrected chi connectivity index (χ4v) is 3.61. The van der Waals surface area contributed by atoms with Crippen molar-refractivity contribution in [3.05, 3.63) is 29.3 Å². The van der Waals surface area contributed by atoms with Crippen molar-refractivity contribution in [3.8, 4) is 0 Å². The number of aryl methyl sites for hydroxylation is 1. The predicted octanol–water partition coefficient (Wildman–Crippen LogP) is 1.77. The van der Waals surface area contributed by atoms with E-state index in [0.29, 0.717) is 11.3 Å². The zero-order chi connectivity index (χ0) is 14.8. The molecule has 0 aromatic heterocycles. The third-order valence-corrected chi connectivity index (χ3v) is 4.74. The molecule has 2 N–H and O–H groups in total. The monoisotopic (exact) mass is 288 g/mol. The van der Waals surface area contributed by atoms with Crippen LogP contribution in [0.5, 0.6) is 0 Å². The van der Waals surface area contributed by atoms with E-state index in [2.05, 4.69) is 0 Å². The number of piperidine rings is 1. The van der Waals surface area contributed by atoms with Crippen molar-refractivity contribution in [2.45, 2.75) is 20.8 Å². The van der Waals surface area contributed by atoms with E-state index in [1.807, 2.05) is 32.9 Å². The highest BCUT2D eigenvalue weighted by atomic mass is 32.1. The lowest BCUT2D eigenvalue weighted by molar-refractivity contribution is -0.125. The number of benzene rings is 1. The summed E-state index contributed by atoms with van der Waals surface area (Å²) in [5.74, 6) is -0.661. The molecule has 1 saturated carbocycles. The zero-order valence-electron chi connectivity index (χ0n) is 11.6. The van der Waals surface area contributed by atoms with Crippen LogP contribution in [0.15, 0.2) is 18.2 Å². The number of carbonyl (C=O) groups is 2. The Balaban J connectivity index is 2.09. The first-order chi connectivity index (χ1) is 9.28. The van der Waals surface area contributed by atoms with Crippen LogP contribution in [0.1, 0.15) is 25.0 Å². The summed E-state index contributed by atoms with van der Waals surface area (Å²) in [7, 11) is 0. The van der Waals surface area contributed by atoms with Crippen molar-refractivity contribution < 1.29 is 9.59 Å². The quantitative estimate of drug-likeness (QED) is 0.665. The SMILES string of the molecule is Cc1cccc(N2C(=O)C3C(C2=O)C3(C)C)c1C(N)=S. The first-order valence-electron chi connectivity index (χ1n) is 6.55. The minimum Gasteiger partial charge on any atom is -0.389 e. The number of thiocarbonyl (C=S) groups is 1. The molecule has 2 atom stereocenters. The molecule has 20 heavy (non-hydrogen) atoms. The number of imide groups is 1. The highest BCUT2D eigenvalue weighted by Crippen LogP contribution is 2.63. The second kappa shape index (κ2) is 3.88. The fraction of sp³-hybridized carbons (Fsp3) is 0.400. The topological polar surface area (TPSA) is 63.4 Å². The third kappa shape index (κ3) is 1.50. The first-order valence-corrected chi connectivity index (χ1v) is 6.96. The zero-order valence-corrected chi connectivity index (χ0v) is 12.5. The van der Waals surface area contributed by atoms with Gasteiger partial charge in [0.2, 0.25) is 11.8 Å². The van der Waals surface area contributed by atoms with Gasteiger partial charge in [-0.15, -0.1) is 0 Å². The largest absolute Gasteiger partial charge is 0.389 e. The standard InChI is InChI=1S/C15H16N2O2S/c1-7-5-4-6-8(9(7)12(16)20)17-13(18)10-11(14(17)19)15(10,2)3/h4-6,10-11H,1-3H3,(H2,16,20). The molecule has 0 bridgehead atoms. The van der Waals surface area contributed by atoms with Gasteiger partial charge >= 0.3 is 0 Å². The number of nitrogens with zero attached hydrogens (tertiary/aromatic N) is 1. The number of nitrogens with two attached hydrogens (primary N) is 1. The Morgan fingerprint density at radius 1 is 1.25 bits per heavy atom. The number of hydrogen-bond acceptors (Lipinski definition) is 3. The molecule has 1 aromatic rings. The molecule has 2 aliphatic rings. The van der Waals surface area contributed by atoms with Gasteiger partial charge in [-0.2, -0.15) is 0 Å². The molecule has 3 rings (SSSR count). The summed E-state index contributed by atoms with van der Waals surface area (Å²) in [6.45, 7) is 5.79. The molecule has 0 radical (unpaired) electrons. The second-order valence-corrected chi connectivity index (χ2v) is 6.56. The number of amides is 2. The highest BCUT2D eigenvalue weighted by Gasteiger charge is 2.72. The van der Waals surface area contributed by atoms with E-state index < -0.39 is 0 Å². The van der Waals surface area contributed by atoms with Crippen molar-refractivity contribution in [2.75, 3.05) is 4.90 Å². The van der Waals surface area contributed by atoms with E-state index in [1.165, 1.54) is 4.90 Å². The van der Waals surface area contributed by atoms with Crippen molar-refractivity contribution in [1.82, 2.24) is 0 Å². The van der Waals surface area contributed by atoms with Gasteiger partial charge < -0.3 is 5.73 Å². The highest BCUT2D eigenvalue weighted by molar-refractivity contribution is 7.80. The van der Waals surface area contributed by atoms with Gasteiger partial charge in [-0.3, -0.25) is 9.59 Å². The van der Waals surface area contributed by atoms with Gasteiger partial charge in [0.05, 0.1) is 17.5 Å². The van der Waals surface area contributed by atoms with E-state index in [9.17, 15) is 9.59 Å². The van der Waals surface area contributed by atoms with E-state index >= 15 is 0 Å². The Kier molecular flexibility index (Phi) is 2.57. The van der Waals surface area contributed by atoms with Crippen molar-refractivity contribution in [2.24, 2.45) is 23.0 Å². The minimum absolute atomic E-state index is 0.131. The summed E-state index contributed by atoms with van der Waals surface area (Å²) in [6.07, 6.45) is 0. The summed E-state index contributed by atoms with van der Waals surface area (Å²) in [6, 6.07) is 5.41. The van der Waals surface area contributed by atoms with Crippen LogP contribution in [0, 0.1) is 24.2 Å². The van der Waals surface area contributed by atoms with E-state index in [-0.39, 0.29) is 34.1 Å². The number of fused-ring (bicyclic) bond motifs is 1. The molecule has 1 heterocycles. The summed E-state index contributed by atoms with van der Waals surface area (Å²) in [4.78, 5) is 26.4. The Labute approximate surface area is 122 Å². The fourth-order valence-electron chi connectivity index (χ4n) is 3.34. The molecule has 1 saturated heterocycles. The van der Waals surface area contributed by atoms with Gasteiger partial charge in [-0.25, -0.2) is 4.90 Å². The summed E-state index contributed by atoms with van der Waals surface area (Å²) in [5, 5.41) is 0. The lowest BCUT2D eigenvalue weighted by Crippen LogP contribution is -2.37. The molecule has 104 valence electrons. The average molecular weight is 288 g/mol. The predicted molar refractivity (Wildman–Crippen MR) is 80.3 cm³/mol. The molecular formula is C15H16N2O2S. The third-order valence-electron chi connectivity index (χ3n) is 4.54. The maximum atomic E-state index is 12.5. The van der Waals surface area contributed by atoms with Crippen LogP contribution in [-0.2, 0) is 9.59 Å². The molecular weight excluding hydrogens is 272 g/mol. The van der Waals surface area contributed by atoms with Crippen LogP contribution >= 0.6 is 12.2 Å². The van der Waals surface area contributed by atoms with Crippen LogP contribution in [0.3, 0.4) is 0 Å². The summed E-state index contributed by atoms with van der Waals surface area (Å²) < 4.78 is 0. The Hall–Kier alpha value is -1.75. The molecule has 2 unspecified atom stereocenters. The molecule has 1 aliphatic heterocycles.